The standard InChI is InChI=1S/C27H32N4O2/c1-20-3-5-21(6-4-20)18-30-12-11-25-22(19-30)17-26(29(25)2)27(32)28-23-7-9-24(10-8-23)31-13-15-33-16-14-31/h3-10,17H,11-16,18-19H2,1-2H3,(H,28,32). The van der Waals surface area contributed by atoms with Crippen molar-refractivity contribution in [3.63, 3.8) is 0 Å². The fourth-order valence-electron chi connectivity index (χ4n) is 4.83. The van der Waals surface area contributed by atoms with E-state index in [1.807, 2.05) is 19.2 Å². The number of morpholine rings is 1. The lowest BCUT2D eigenvalue weighted by atomic mass is 10.1. The smallest absolute Gasteiger partial charge is 0.272 e. The number of benzene rings is 2. The summed E-state index contributed by atoms with van der Waals surface area (Å²) in [6.45, 7) is 8.26. The van der Waals surface area contributed by atoms with Crippen molar-refractivity contribution in [2.24, 2.45) is 7.05 Å². The first-order chi connectivity index (χ1) is 16.1. The van der Waals surface area contributed by atoms with Crippen LogP contribution in [-0.4, -0.2) is 48.2 Å². The highest BCUT2D eigenvalue weighted by Crippen LogP contribution is 2.25. The zero-order valence-corrected chi connectivity index (χ0v) is 19.5. The Morgan fingerprint density at radius 3 is 2.45 bits per heavy atom. The first-order valence-electron chi connectivity index (χ1n) is 11.8. The molecule has 1 N–H and O–H groups in total. The van der Waals surface area contributed by atoms with Crippen molar-refractivity contribution in [3.8, 4) is 0 Å². The van der Waals surface area contributed by atoms with Gasteiger partial charge in [-0.3, -0.25) is 9.69 Å². The van der Waals surface area contributed by atoms with Gasteiger partial charge in [-0.05, 0) is 48.4 Å². The number of hydrogen-bond acceptors (Lipinski definition) is 4. The molecule has 3 aromatic rings. The van der Waals surface area contributed by atoms with Crippen LogP contribution < -0.4 is 10.2 Å². The molecule has 0 spiro atoms. The van der Waals surface area contributed by atoms with Gasteiger partial charge in [0.25, 0.3) is 5.91 Å². The molecule has 33 heavy (non-hydrogen) atoms. The van der Waals surface area contributed by atoms with Gasteiger partial charge in [0.05, 0.1) is 13.2 Å². The van der Waals surface area contributed by atoms with Crippen LogP contribution >= 0.6 is 0 Å². The van der Waals surface area contributed by atoms with E-state index in [0.717, 1.165) is 63.7 Å². The van der Waals surface area contributed by atoms with E-state index in [4.69, 9.17) is 4.74 Å². The number of ether oxygens (including phenoxy) is 1. The first kappa shape index (κ1) is 21.7. The van der Waals surface area contributed by atoms with Crippen molar-refractivity contribution in [2.45, 2.75) is 26.4 Å². The van der Waals surface area contributed by atoms with Crippen molar-refractivity contribution < 1.29 is 9.53 Å². The monoisotopic (exact) mass is 444 g/mol. The molecule has 0 unspecified atom stereocenters. The summed E-state index contributed by atoms with van der Waals surface area (Å²) in [6.07, 6.45) is 0.958. The summed E-state index contributed by atoms with van der Waals surface area (Å²) in [5.41, 5.74) is 7.84. The van der Waals surface area contributed by atoms with Crippen LogP contribution in [0, 0.1) is 6.92 Å². The quantitative estimate of drug-likeness (QED) is 0.647. The number of carbonyl (C=O) groups excluding carboxylic acids is 1. The normalized spacial score (nSPS) is 16.5. The van der Waals surface area contributed by atoms with Gasteiger partial charge in [0.1, 0.15) is 5.69 Å². The van der Waals surface area contributed by atoms with Gasteiger partial charge in [0, 0.05) is 63.3 Å². The molecule has 172 valence electrons. The lowest BCUT2D eigenvalue weighted by Gasteiger charge is -2.28. The molecule has 1 aromatic heterocycles. The van der Waals surface area contributed by atoms with Gasteiger partial charge < -0.3 is 19.5 Å². The Morgan fingerprint density at radius 2 is 1.73 bits per heavy atom. The minimum absolute atomic E-state index is 0.0592. The molecular formula is C27H32N4O2. The van der Waals surface area contributed by atoms with Gasteiger partial charge in [-0.15, -0.1) is 0 Å². The van der Waals surface area contributed by atoms with E-state index in [9.17, 15) is 4.79 Å². The summed E-state index contributed by atoms with van der Waals surface area (Å²) in [5.74, 6) is -0.0592. The van der Waals surface area contributed by atoms with Crippen LogP contribution in [-0.2, 0) is 31.3 Å². The van der Waals surface area contributed by atoms with E-state index < -0.39 is 0 Å². The highest BCUT2D eigenvalue weighted by Gasteiger charge is 2.24. The van der Waals surface area contributed by atoms with Gasteiger partial charge in [-0.25, -0.2) is 0 Å². The Morgan fingerprint density at radius 1 is 1.00 bits per heavy atom. The maximum absolute atomic E-state index is 13.1. The molecule has 0 aliphatic carbocycles. The summed E-state index contributed by atoms with van der Waals surface area (Å²) in [5, 5.41) is 3.08. The van der Waals surface area contributed by atoms with E-state index in [1.165, 1.54) is 28.1 Å². The third-order valence-corrected chi connectivity index (χ3v) is 6.77. The van der Waals surface area contributed by atoms with Crippen molar-refractivity contribution in [2.75, 3.05) is 43.1 Å². The minimum Gasteiger partial charge on any atom is -0.378 e. The molecule has 2 aliphatic rings. The van der Waals surface area contributed by atoms with Gasteiger partial charge >= 0.3 is 0 Å². The van der Waals surface area contributed by atoms with Crippen molar-refractivity contribution in [3.05, 3.63) is 82.7 Å². The van der Waals surface area contributed by atoms with E-state index in [-0.39, 0.29) is 5.91 Å². The maximum Gasteiger partial charge on any atom is 0.272 e. The third kappa shape index (κ3) is 4.82. The second kappa shape index (κ2) is 9.41. The summed E-state index contributed by atoms with van der Waals surface area (Å²) < 4.78 is 7.49. The fraction of sp³-hybridized carbons (Fsp3) is 0.370. The minimum atomic E-state index is -0.0592. The molecule has 3 heterocycles. The second-order valence-corrected chi connectivity index (χ2v) is 9.11. The molecule has 0 saturated carbocycles. The summed E-state index contributed by atoms with van der Waals surface area (Å²) in [7, 11) is 2.00. The zero-order chi connectivity index (χ0) is 22.8. The van der Waals surface area contributed by atoms with Crippen molar-refractivity contribution in [1.29, 1.82) is 0 Å². The van der Waals surface area contributed by atoms with Crippen LogP contribution in [0.25, 0.3) is 0 Å². The molecule has 2 aliphatic heterocycles. The number of carbonyl (C=O) groups is 1. The van der Waals surface area contributed by atoms with E-state index in [2.05, 4.69) is 69.1 Å². The fourth-order valence-corrected chi connectivity index (χ4v) is 4.83. The molecule has 1 amide bonds. The average Bonchev–Trinajstić information content (AvgIpc) is 3.17. The predicted molar refractivity (Wildman–Crippen MR) is 132 cm³/mol. The Hall–Kier alpha value is -3.09. The SMILES string of the molecule is Cc1ccc(CN2CCc3c(cc(C(=O)Nc4ccc(N5CCOCC5)cc4)n3C)C2)cc1. The van der Waals surface area contributed by atoms with Crippen LogP contribution in [0.15, 0.2) is 54.6 Å². The Bertz CT molecular complexity index is 1110. The van der Waals surface area contributed by atoms with Crippen LogP contribution in [0.4, 0.5) is 11.4 Å². The number of fused-ring (bicyclic) bond motifs is 1. The number of amides is 1. The highest BCUT2D eigenvalue weighted by atomic mass is 16.5. The summed E-state index contributed by atoms with van der Waals surface area (Å²) >= 11 is 0. The van der Waals surface area contributed by atoms with E-state index in [1.54, 1.807) is 0 Å². The van der Waals surface area contributed by atoms with E-state index in [0.29, 0.717) is 0 Å². The lowest BCUT2D eigenvalue weighted by Crippen LogP contribution is -2.36. The van der Waals surface area contributed by atoms with Gasteiger partial charge in [0.2, 0.25) is 0 Å². The first-order valence-corrected chi connectivity index (χ1v) is 11.8. The van der Waals surface area contributed by atoms with Crippen LogP contribution in [0.3, 0.4) is 0 Å². The molecule has 1 fully saturated rings. The molecule has 5 rings (SSSR count). The van der Waals surface area contributed by atoms with Crippen LogP contribution in [0.2, 0.25) is 0 Å². The second-order valence-electron chi connectivity index (χ2n) is 9.11. The largest absolute Gasteiger partial charge is 0.378 e. The Labute approximate surface area is 195 Å². The molecule has 6 heteroatoms. The number of aryl methyl sites for hydroxylation is 1. The van der Waals surface area contributed by atoms with Gasteiger partial charge in [-0.1, -0.05) is 29.8 Å². The number of nitrogens with one attached hydrogen (secondary N) is 1. The van der Waals surface area contributed by atoms with Gasteiger partial charge in [-0.2, -0.15) is 0 Å². The summed E-state index contributed by atoms with van der Waals surface area (Å²) in [6, 6.07) is 18.9. The number of nitrogens with zero attached hydrogens (tertiary/aromatic N) is 3. The topological polar surface area (TPSA) is 49.7 Å². The summed E-state index contributed by atoms with van der Waals surface area (Å²) in [4.78, 5) is 17.8. The van der Waals surface area contributed by atoms with Crippen molar-refractivity contribution in [1.82, 2.24) is 9.47 Å². The van der Waals surface area contributed by atoms with Gasteiger partial charge in [0.15, 0.2) is 0 Å². The molecule has 1 saturated heterocycles. The third-order valence-electron chi connectivity index (χ3n) is 6.77. The zero-order valence-electron chi connectivity index (χ0n) is 19.5. The molecule has 0 radical (unpaired) electrons. The molecular weight excluding hydrogens is 412 g/mol. The Kier molecular flexibility index (Phi) is 6.20. The number of anilines is 2. The Balaban J connectivity index is 1.24. The van der Waals surface area contributed by atoms with Crippen LogP contribution in [0.1, 0.15) is 32.9 Å². The van der Waals surface area contributed by atoms with Crippen LogP contribution in [0.5, 0.6) is 0 Å². The molecule has 0 bridgehead atoms. The molecule has 0 atom stereocenters. The van der Waals surface area contributed by atoms with E-state index >= 15 is 0 Å². The molecule has 6 nitrogen and oxygen atoms in total. The molecule has 2 aromatic carbocycles. The predicted octanol–water partition coefficient (Wildman–Crippen LogP) is 3.98. The maximum atomic E-state index is 13.1. The van der Waals surface area contributed by atoms with Crippen molar-refractivity contribution >= 4 is 17.3 Å². The number of rotatable bonds is 5. The number of aromatic nitrogens is 1. The lowest BCUT2D eigenvalue weighted by molar-refractivity contribution is 0.101. The number of hydrogen-bond donors (Lipinski definition) is 1. The average molecular weight is 445 g/mol. The highest BCUT2D eigenvalue weighted by molar-refractivity contribution is 6.03.